The summed E-state index contributed by atoms with van der Waals surface area (Å²) in [5.41, 5.74) is 15.4. The van der Waals surface area contributed by atoms with Crippen molar-refractivity contribution < 1.29 is 0 Å². The summed E-state index contributed by atoms with van der Waals surface area (Å²) in [6, 6.07) is 50.6. The molecule has 0 aliphatic rings. The molecule has 0 amide bonds. The minimum absolute atomic E-state index is 0.0263. The number of nitrogens with zero attached hydrogens (tertiary/aromatic N) is 3. The molecule has 6 aromatic carbocycles. The van der Waals surface area contributed by atoms with Crippen molar-refractivity contribution in [1.82, 2.24) is 15.0 Å². The van der Waals surface area contributed by atoms with E-state index >= 15 is 0 Å². The van der Waals surface area contributed by atoms with E-state index in [2.05, 4.69) is 186 Å². The van der Waals surface area contributed by atoms with Crippen LogP contribution < -0.4 is 0 Å². The van der Waals surface area contributed by atoms with E-state index < -0.39 is 0 Å². The van der Waals surface area contributed by atoms with E-state index in [1.54, 1.807) is 0 Å². The average Bonchev–Trinajstić information content (AvgIpc) is 3.19. The fourth-order valence-electron chi connectivity index (χ4n) is 7.22. The van der Waals surface area contributed by atoms with E-state index in [-0.39, 0.29) is 21.7 Å². The molecule has 0 aliphatic carbocycles. The molecule has 7 rings (SSSR count). The van der Waals surface area contributed by atoms with Crippen molar-refractivity contribution in [2.45, 2.75) is 105 Å². The first-order valence-corrected chi connectivity index (χ1v) is 20.7. The Bertz CT molecular complexity index is 2480. The summed E-state index contributed by atoms with van der Waals surface area (Å²) in [5.74, 6) is 1.96. The molecule has 3 nitrogen and oxygen atoms in total. The van der Waals surface area contributed by atoms with E-state index in [0.717, 1.165) is 27.8 Å². The molecule has 0 N–H and O–H groups in total. The normalized spacial score (nSPS) is 12.5. The van der Waals surface area contributed by atoms with Gasteiger partial charge < -0.3 is 0 Å². The smallest absolute Gasteiger partial charge is 0.164 e. The van der Waals surface area contributed by atoms with Gasteiger partial charge in [-0.3, -0.25) is 0 Å². The Labute approximate surface area is 347 Å². The van der Waals surface area contributed by atoms with Gasteiger partial charge in [0.25, 0.3) is 0 Å². The van der Waals surface area contributed by atoms with Gasteiger partial charge in [0.1, 0.15) is 0 Å². The summed E-state index contributed by atoms with van der Waals surface area (Å²) in [6.07, 6.45) is 0. The van der Waals surface area contributed by atoms with Crippen molar-refractivity contribution in [2.75, 3.05) is 0 Å². The second-order valence-corrected chi connectivity index (χ2v) is 20.0. The molecule has 0 unspecified atom stereocenters. The molecule has 0 spiro atoms. The monoisotopic (exact) mass is 761 g/mol. The van der Waals surface area contributed by atoms with Gasteiger partial charge in [-0.2, -0.15) is 0 Å². The molecule has 0 radical (unpaired) electrons. The van der Waals surface area contributed by atoms with Crippen LogP contribution in [-0.2, 0) is 21.7 Å². The van der Waals surface area contributed by atoms with Crippen LogP contribution in [0, 0.1) is 0 Å². The molecule has 0 aliphatic heterocycles. The summed E-state index contributed by atoms with van der Waals surface area (Å²) < 4.78 is 0. The summed E-state index contributed by atoms with van der Waals surface area (Å²) in [5, 5.41) is 0. The van der Waals surface area contributed by atoms with Crippen LogP contribution in [0.1, 0.15) is 105 Å². The van der Waals surface area contributed by atoms with Crippen molar-refractivity contribution >= 4 is 0 Å². The maximum Gasteiger partial charge on any atom is 0.164 e. The van der Waals surface area contributed by atoms with Gasteiger partial charge in [-0.05, 0) is 95.5 Å². The van der Waals surface area contributed by atoms with Crippen molar-refractivity contribution in [2.24, 2.45) is 0 Å². The second kappa shape index (κ2) is 15.3. The second-order valence-electron chi connectivity index (χ2n) is 20.0. The number of hydrogen-bond acceptors (Lipinski definition) is 3. The van der Waals surface area contributed by atoms with Crippen LogP contribution in [0.3, 0.4) is 0 Å². The first-order valence-electron chi connectivity index (χ1n) is 20.7. The average molecular weight is 762 g/mol. The van der Waals surface area contributed by atoms with Gasteiger partial charge in [0.2, 0.25) is 0 Å². The highest BCUT2D eigenvalue weighted by molar-refractivity contribution is 5.81. The van der Waals surface area contributed by atoms with Crippen molar-refractivity contribution in [1.29, 1.82) is 0 Å². The maximum absolute atomic E-state index is 5.05. The third-order valence-electron chi connectivity index (χ3n) is 11.1. The Balaban J connectivity index is 1.40. The van der Waals surface area contributed by atoms with E-state index in [0.29, 0.717) is 17.5 Å². The molecule has 7 aromatic rings. The molecule has 3 heteroatoms. The zero-order valence-corrected chi connectivity index (χ0v) is 36.6. The summed E-state index contributed by atoms with van der Waals surface area (Å²) in [6.45, 7) is 27.7. The molecule has 0 atom stereocenters. The van der Waals surface area contributed by atoms with Crippen LogP contribution in [-0.4, -0.2) is 15.0 Å². The van der Waals surface area contributed by atoms with Gasteiger partial charge in [0.05, 0.1) is 0 Å². The Morgan fingerprint density at radius 2 is 0.500 bits per heavy atom. The number of hydrogen-bond donors (Lipinski definition) is 0. The van der Waals surface area contributed by atoms with Crippen molar-refractivity contribution in [3.8, 4) is 67.5 Å². The Morgan fingerprint density at radius 3 is 0.862 bits per heavy atom. The zero-order chi connectivity index (χ0) is 41.6. The Hall–Kier alpha value is -5.67. The van der Waals surface area contributed by atoms with Gasteiger partial charge in [-0.25, -0.2) is 15.0 Å². The highest BCUT2D eigenvalue weighted by Crippen LogP contribution is 2.40. The van der Waals surface area contributed by atoms with Crippen LogP contribution in [0.15, 0.2) is 140 Å². The molecule has 58 heavy (non-hydrogen) atoms. The third kappa shape index (κ3) is 9.05. The predicted molar refractivity (Wildman–Crippen MR) is 247 cm³/mol. The molecular formula is C55H59N3. The number of aromatic nitrogens is 3. The minimum atomic E-state index is -0.0706. The van der Waals surface area contributed by atoms with E-state index in [1.165, 1.54) is 44.5 Å². The molecule has 0 saturated heterocycles. The van der Waals surface area contributed by atoms with Gasteiger partial charge >= 0.3 is 0 Å². The lowest BCUT2D eigenvalue weighted by atomic mass is 9.77. The summed E-state index contributed by atoms with van der Waals surface area (Å²) in [4.78, 5) is 15.0. The molecule has 0 fully saturated rings. The molecule has 294 valence electrons. The molecule has 0 saturated carbocycles. The van der Waals surface area contributed by atoms with Crippen LogP contribution in [0.5, 0.6) is 0 Å². The largest absolute Gasteiger partial charge is 0.208 e. The topological polar surface area (TPSA) is 38.7 Å². The number of benzene rings is 6. The van der Waals surface area contributed by atoms with Crippen LogP contribution in [0.25, 0.3) is 67.5 Å². The zero-order valence-electron chi connectivity index (χ0n) is 36.6. The third-order valence-corrected chi connectivity index (χ3v) is 11.1. The molecular weight excluding hydrogens is 703 g/mol. The minimum Gasteiger partial charge on any atom is -0.208 e. The van der Waals surface area contributed by atoms with E-state index in [9.17, 15) is 0 Å². The van der Waals surface area contributed by atoms with Gasteiger partial charge in [0, 0.05) is 16.7 Å². The maximum atomic E-state index is 5.05. The standard InChI is InChI=1S/C55H59N3/c1-52(2,3)45-29-40(38-24-19-25-39(26-38)51-57-49(36-20-15-13-16-21-36)56-50(58-51)37-22-17-14-18-23-37)27-41(30-45)42-28-43(32-46(31-42)53(4,5)6)44-33-47(54(7,8)9)35-48(34-44)55(10,11)12/h13-35H,1-12H3. The fraction of sp³-hybridized carbons (Fsp3) is 0.291. The van der Waals surface area contributed by atoms with Gasteiger partial charge in [0.15, 0.2) is 17.5 Å². The number of rotatable bonds is 6. The van der Waals surface area contributed by atoms with E-state index in [4.69, 9.17) is 15.0 Å². The molecule has 1 heterocycles. The lowest BCUT2D eigenvalue weighted by molar-refractivity contribution is 0.569. The van der Waals surface area contributed by atoms with Crippen LogP contribution >= 0.6 is 0 Å². The SMILES string of the molecule is CC(C)(C)c1cc(-c2cccc(-c3nc(-c4ccccc4)nc(-c4ccccc4)n3)c2)cc(-c2cc(-c3cc(C(C)(C)C)cc(C(C)(C)C)c3)cc(C(C)(C)C)c2)c1. The van der Waals surface area contributed by atoms with Crippen LogP contribution in [0.2, 0.25) is 0 Å². The highest BCUT2D eigenvalue weighted by Gasteiger charge is 2.24. The summed E-state index contributed by atoms with van der Waals surface area (Å²) in [7, 11) is 0. The van der Waals surface area contributed by atoms with Gasteiger partial charge in [-0.1, -0.05) is 204 Å². The van der Waals surface area contributed by atoms with E-state index in [1.807, 2.05) is 36.4 Å². The molecule has 1 aromatic heterocycles. The fourth-order valence-corrected chi connectivity index (χ4v) is 7.22. The van der Waals surface area contributed by atoms with Crippen molar-refractivity contribution in [3.05, 3.63) is 162 Å². The highest BCUT2D eigenvalue weighted by atomic mass is 15.0. The Morgan fingerprint density at radius 1 is 0.241 bits per heavy atom. The predicted octanol–water partition coefficient (Wildman–Crippen LogP) is 15.1. The van der Waals surface area contributed by atoms with Crippen molar-refractivity contribution in [3.63, 3.8) is 0 Å². The first-order chi connectivity index (χ1) is 27.2. The van der Waals surface area contributed by atoms with Gasteiger partial charge in [-0.15, -0.1) is 0 Å². The lowest BCUT2D eigenvalue weighted by Gasteiger charge is -2.27. The first kappa shape index (κ1) is 40.5. The Kier molecular flexibility index (Phi) is 10.7. The molecule has 0 bridgehead atoms. The van der Waals surface area contributed by atoms with Crippen LogP contribution in [0.4, 0.5) is 0 Å². The summed E-state index contributed by atoms with van der Waals surface area (Å²) >= 11 is 0. The quantitative estimate of drug-likeness (QED) is 0.169. The lowest BCUT2D eigenvalue weighted by Crippen LogP contribution is -2.16.